The summed E-state index contributed by atoms with van der Waals surface area (Å²) in [5.41, 5.74) is 12.4. The molecule has 0 radical (unpaired) electrons. The van der Waals surface area contributed by atoms with Gasteiger partial charge in [-0.2, -0.15) is 0 Å². The summed E-state index contributed by atoms with van der Waals surface area (Å²) in [4.78, 5) is 9.71. The van der Waals surface area contributed by atoms with Crippen molar-refractivity contribution in [2.75, 3.05) is 11.1 Å². The zero-order valence-electron chi connectivity index (χ0n) is 21.2. The second-order valence-electron chi connectivity index (χ2n) is 10.3. The Kier molecular flexibility index (Phi) is 7.49. The highest BCUT2D eigenvalue weighted by Crippen LogP contribution is 2.31. The Balaban J connectivity index is 1.74. The lowest BCUT2D eigenvalue weighted by Crippen LogP contribution is -2.13. The number of hydrogen-bond donors (Lipinski definition) is 2. The number of nitrogen functional groups attached to an aromatic ring is 1. The zero-order chi connectivity index (χ0) is 25.7. The minimum atomic E-state index is -0.447. The molecular formula is C31H33FN4. The largest absolute Gasteiger partial charge is 0.396 e. The van der Waals surface area contributed by atoms with Crippen molar-refractivity contribution >= 4 is 11.5 Å². The van der Waals surface area contributed by atoms with Crippen molar-refractivity contribution in [3.8, 4) is 11.3 Å². The topological polar surface area (TPSA) is 63.8 Å². The van der Waals surface area contributed by atoms with E-state index in [1.807, 2.05) is 18.2 Å². The summed E-state index contributed by atoms with van der Waals surface area (Å²) >= 11 is 0. The first kappa shape index (κ1) is 25.1. The van der Waals surface area contributed by atoms with Crippen LogP contribution in [0.3, 0.4) is 0 Å². The molecule has 1 heterocycles. The van der Waals surface area contributed by atoms with Gasteiger partial charge in [0, 0.05) is 17.7 Å². The van der Waals surface area contributed by atoms with Crippen LogP contribution >= 0.6 is 0 Å². The van der Waals surface area contributed by atoms with Crippen LogP contribution in [-0.2, 0) is 6.42 Å². The van der Waals surface area contributed by atoms with Crippen molar-refractivity contribution in [2.24, 2.45) is 5.41 Å². The molecule has 1 aliphatic rings. The van der Waals surface area contributed by atoms with Crippen LogP contribution < -0.4 is 11.1 Å². The van der Waals surface area contributed by atoms with E-state index in [2.05, 4.69) is 69.1 Å². The lowest BCUT2D eigenvalue weighted by Gasteiger charge is -2.23. The predicted molar refractivity (Wildman–Crippen MR) is 148 cm³/mol. The van der Waals surface area contributed by atoms with Crippen LogP contribution in [0.5, 0.6) is 0 Å². The highest BCUT2D eigenvalue weighted by molar-refractivity contribution is 5.66. The molecule has 4 nitrogen and oxygen atoms in total. The van der Waals surface area contributed by atoms with Crippen molar-refractivity contribution < 1.29 is 4.39 Å². The van der Waals surface area contributed by atoms with E-state index in [-0.39, 0.29) is 11.1 Å². The van der Waals surface area contributed by atoms with Gasteiger partial charge in [-0.05, 0) is 59.2 Å². The summed E-state index contributed by atoms with van der Waals surface area (Å²) in [6.45, 7) is 11.0. The van der Waals surface area contributed by atoms with Crippen LogP contribution in [0.1, 0.15) is 44.9 Å². The fraction of sp³-hybridized carbons (Fsp3) is 0.226. The molecule has 0 aliphatic heterocycles. The molecule has 0 spiro atoms. The molecule has 3 aromatic rings. The summed E-state index contributed by atoms with van der Waals surface area (Å²) < 4.78 is 13.8. The number of aromatic nitrogens is 2. The SMILES string of the molecule is C=C(CC(C)(C)C)/C(=C/C1=CC=CC1)Nc1ncc(-c2ccc(F)c(N)c2)nc1Cc1ccccc1. The maximum atomic E-state index is 13.8. The Bertz CT molecular complexity index is 1340. The second kappa shape index (κ2) is 10.7. The summed E-state index contributed by atoms with van der Waals surface area (Å²) in [6.07, 6.45) is 12.5. The first-order valence-electron chi connectivity index (χ1n) is 12.2. The van der Waals surface area contributed by atoms with Gasteiger partial charge in [-0.15, -0.1) is 0 Å². The van der Waals surface area contributed by atoms with Gasteiger partial charge in [0.25, 0.3) is 0 Å². The molecule has 0 amide bonds. The molecule has 2 aromatic carbocycles. The number of rotatable bonds is 8. The maximum absolute atomic E-state index is 13.8. The third kappa shape index (κ3) is 6.57. The van der Waals surface area contributed by atoms with Crippen molar-refractivity contribution in [1.29, 1.82) is 0 Å². The van der Waals surface area contributed by atoms with Crippen LogP contribution in [0.2, 0.25) is 0 Å². The number of nitrogens with one attached hydrogen (secondary N) is 1. The summed E-state index contributed by atoms with van der Waals surface area (Å²) in [5.74, 6) is 0.225. The molecule has 0 fully saturated rings. The van der Waals surface area contributed by atoms with Gasteiger partial charge in [0.15, 0.2) is 5.82 Å². The van der Waals surface area contributed by atoms with Gasteiger partial charge in [-0.1, -0.05) is 75.9 Å². The van der Waals surface area contributed by atoms with E-state index < -0.39 is 5.82 Å². The lowest BCUT2D eigenvalue weighted by atomic mass is 9.87. The molecule has 4 rings (SSSR count). The molecule has 184 valence electrons. The lowest BCUT2D eigenvalue weighted by molar-refractivity contribution is 0.412. The fourth-order valence-electron chi connectivity index (χ4n) is 4.13. The molecular weight excluding hydrogens is 447 g/mol. The number of hydrogen-bond acceptors (Lipinski definition) is 4. The Morgan fingerprint density at radius 2 is 1.94 bits per heavy atom. The molecule has 0 unspecified atom stereocenters. The van der Waals surface area contributed by atoms with Crippen molar-refractivity contribution in [3.05, 3.63) is 120 Å². The van der Waals surface area contributed by atoms with Gasteiger partial charge in [-0.25, -0.2) is 14.4 Å². The second-order valence-corrected chi connectivity index (χ2v) is 10.3. The van der Waals surface area contributed by atoms with Crippen LogP contribution in [0.25, 0.3) is 11.3 Å². The molecule has 0 atom stereocenters. The molecule has 3 N–H and O–H groups in total. The molecule has 0 saturated carbocycles. The van der Waals surface area contributed by atoms with Gasteiger partial charge in [-0.3, -0.25) is 0 Å². The van der Waals surface area contributed by atoms with Crippen molar-refractivity contribution in [2.45, 2.75) is 40.0 Å². The van der Waals surface area contributed by atoms with E-state index in [0.717, 1.165) is 40.9 Å². The van der Waals surface area contributed by atoms with Gasteiger partial charge in [0.05, 0.1) is 23.3 Å². The Labute approximate surface area is 213 Å². The van der Waals surface area contributed by atoms with E-state index in [4.69, 9.17) is 15.7 Å². The number of halogens is 1. The summed E-state index contributed by atoms with van der Waals surface area (Å²) in [6, 6.07) is 14.8. The van der Waals surface area contributed by atoms with Gasteiger partial charge in [0.2, 0.25) is 0 Å². The van der Waals surface area contributed by atoms with Crippen LogP contribution in [0.15, 0.2) is 102 Å². The molecule has 0 saturated heterocycles. The van der Waals surface area contributed by atoms with Crippen molar-refractivity contribution in [1.82, 2.24) is 9.97 Å². The Morgan fingerprint density at radius 1 is 1.17 bits per heavy atom. The van der Waals surface area contributed by atoms with E-state index in [1.165, 1.54) is 11.6 Å². The first-order valence-corrected chi connectivity index (χ1v) is 12.2. The standard InChI is InChI=1S/C31H33FN4/c1-21(19-31(2,3)4)27(16-22-12-8-9-13-22)36-30-28(17-23-10-6-5-7-11-23)35-29(20-34-30)24-14-15-25(32)26(33)18-24/h5-12,14-16,18,20H,1,13,17,19,33H2,2-4H3,(H,34,36)/b27-16-. The van der Waals surface area contributed by atoms with Gasteiger partial charge >= 0.3 is 0 Å². The highest BCUT2D eigenvalue weighted by Gasteiger charge is 2.18. The van der Waals surface area contributed by atoms with Gasteiger partial charge in [0.1, 0.15) is 5.82 Å². The van der Waals surface area contributed by atoms with E-state index in [9.17, 15) is 4.39 Å². The highest BCUT2D eigenvalue weighted by atomic mass is 19.1. The Morgan fingerprint density at radius 3 is 2.61 bits per heavy atom. The normalized spacial score (nSPS) is 13.6. The molecule has 0 bridgehead atoms. The quantitative estimate of drug-likeness (QED) is 0.257. The van der Waals surface area contributed by atoms with Crippen molar-refractivity contribution in [3.63, 3.8) is 0 Å². The minimum Gasteiger partial charge on any atom is -0.396 e. The first-order chi connectivity index (χ1) is 17.2. The number of anilines is 2. The summed E-state index contributed by atoms with van der Waals surface area (Å²) in [5, 5.41) is 3.55. The molecule has 1 aliphatic carbocycles. The summed E-state index contributed by atoms with van der Waals surface area (Å²) in [7, 11) is 0. The van der Waals surface area contributed by atoms with E-state index in [1.54, 1.807) is 18.3 Å². The van der Waals surface area contributed by atoms with Gasteiger partial charge < -0.3 is 11.1 Å². The number of benzene rings is 2. The number of nitrogens with two attached hydrogens (primary N) is 1. The smallest absolute Gasteiger partial charge is 0.152 e. The fourth-order valence-corrected chi connectivity index (χ4v) is 4.13. The number of allylic oxidation sites excluding steroid dienone is 6. The third-order valence-electron chi connectivity index (χ3n) is 5.86. The van der Waals surface area contributed by atoms with Crippen LogP contribution in [-0.4, -0.2) is 9.97 Å². The molecule has 1 aromatic heterocycles. The van der Waals surface area contributed by atoms with Crippen LogP contribution in [0.4, 0.5) is 15.9 Å². The van der Waals surface area contributed by atoms with E-state index >= 15 is 0 Å². The number of nitrogens with zero attached hydrogens (tertiary/aromatic N) is 2. The molecule has 5 heteroatoms. The Hall–Kier alpha value is -3.99. The average Bonchev–Trinajstić information content (AvgIpc) is 3.34. The maximum Gasteiger partial charge on any atom is 0.152 e. The average molecular weight is 481 g/mol. The minimum absolute atomic E-state index is 0.0863. The predicted octanol–water partition coefficient (Wildman–Crippen LogP) is 7.63. The zero-order valence-corrected chi connectivity index (χ0v) is 21.2. The monoisotopic (exact) mass is 480 g/mol. The molecule has 36 heavy (non-hydrogen) atoms. The van der Waals surface area contributed by atoms with E-state index in [0.29, 0.717) is 17.9 Å². The third-order valence-corrected chi connectivity index (χ3v) is 5.86. The van der Waals surface area contributed by atoms with Crippen LogP contribution in [0, 0.1) is 11.2 Å².